The van der Waals surface area contributed by atoms with Crippen molar-refractivity contribution in [2.75, 3.05) is 27.2 Å². The number of fused-ring (bicyclic) bond motifs is 1. The zero-order chi connectivity index (χ0) is 19.4. The fraction of sp³-hybridized carbons (Fsp3) is 0.524. The molecule has 0 atom stereocenters. The number of guanidine groups is 1. The molecule has 6 heteroatoms. The lowest BCUT2D eigenvalue weighted by atomic mass is 9.94. The Morgan fingerprint density at radius 1 is 1.33 bits per heavy atom. The van der Waals surface area contributed by atoms with E-state index in [1.54, 1.807) is 11.3 Å². The Kier molecular flexibility index (Phi) is 6.17. The summed E-state index contributed by atoms with van der Waals surface area (Å²) in [7, 11) is 3.91. The third kappa shape index (κ3) is 4.87. The predicted octanol–water partition coefficient (Wildman–Crippen LogP) is 3.30. The van der Waals surface area contributed by atoms with Crippen LogP contribution in [0.5, 0.6) is 0 Å². The van der Waals surface area contributed by atoms with Crippen molar-refractivity contribution >= 4 is 17.3 Å². The topological polar surface area (TPSA) is 43.8 Å². The fourth-order valence-electron chi connectivity index (χ4n) is 3.60. The molecule has 0 aliphatic carbocycles. The molecule has 146 valence electrons. The highest BCUT2D eigenvalue weighted by molar-refractivity contribution is 7.09. The van der Waals surface area contributed by atoms with Crippen molar-refractivity contribution in [1.29, 1.82) is 0 Å². The Morgan fingerprint density at radius 3 is 2.74 bits per heavy atom. The Bertz CT molecular complexity index is 795. The number of nitrogens with one attached hydrogen (secondary N) is 1. The van der Waals surface area contributed by atoms with Gasteiger partial charge in [-0.05, 0) is 38.3 Å². The van der Waals surface area contributed by atoms with Crippen LogP contribution in [0.15, 0.2) is 34.6 Å². The number of rotatable bonds is 5. The third-order valence-corrected chi connectivity index (χ3v) is 6.13. The minimum atomic E-state index is 0.0432. The quantitative estimate of drug-likeness (QED) is 0.634. The highest BCUT2D eigenvalue weighted by atomic mass is 32.1. The molecule has 0 saturated heterocycles. The number of aromatic nitrogens is 1. The number of thiazole rings is 1. The first-order chi connectivity index (χ1) is 12.9. The van der Waals surface area contributed by atoms with E-state index in [4.69, 9.17) is 0 Å². The number of benzene rings is 1. The number of aryl methyl sites for hydroxylation is 1. The molecule has 2 aromatic rings. The van der Waals surface area contributed by atoms with E-state index in [0.717, 1.165) is 49.3 Å². The van der Waals surface area contributed by atoms with Gasteiger partial charge in [-0.25, -0.2) is 4.98 Å². The first-order valence-corrected chi connectivity index (χ1v) is 10.4. The van der Waals surface area contributed by atoms with Crippen LogP contribution in [0.4, 0.5) is 0 Å². The van der Waals surface area contributed by atoms with Crippen LogP contribution in [0, 0.1) is 6.92 Å². The van der Waals surface area contributed by atoms with E-state index in [-0.39, 0.29) is 5.54 Å². The summed E-state index contributed by atoms with van der Waals surface area (Å²) in [6.07, 6.45) is 1.12. The molecule has 3 rings (SSSR count). The molecule has 0 saturated carbocycles. The van der Waals surface area contributed by atoms with Gasteiger partial charge in [-0.1, -0.05) is 24.3 Å². The van der Waals surface area contributed by atoms with Gasteiger partial charge < -0.3 is 10.2 Å². The second-order valence-corrected chi connectivity index (χ2v) is 8.93. The number of aliphatic imine (C=N–C) groups is 1. The van der Waals surface area contributed by atoms with E-state index in [9.17, 15) is 0 Å². The molecule has 0 unspecified atom stereocenters. The van der Waals surface area contributed by atoms with Crippen molar-refractivity contribution in [3.63, 3.8) is 0 Å². The summed E-state index contributed by atoms with van der Waals surface area (Å²) in [5.74, 6) is 0.908. The lowest BCUT2D eigenvalue weighted by Gasteiger charge is -2.42. The minimum Gasteiger partial charge on any atom is -0.354 e. The maximum absolute atomic E-state index is 4.56. The van der Waals surface area contributed by atoms with Crippen LogP contribution in [0.2, 0.25) is 0 Å². The highest BCUT2D eigenvalue weighted by Gasteiger charge is 2.30. The van der Waals surface area contributed by atoms with Crippen LogP contribution in [0.3, 0.4) is 0 Å². The smallest absolute Gasteiger partial charge is 0.193 e. The molecule has 0 spiro atoms. The van der Waals surface area contributed by atoms with Crippen LogP contribution in [-0.4, -0.2) is 53.5 Å². The van der Waals surface area contributed by atoms with Gasteiger partial charge in [-0.15, -0.1) is 11.3 Å². The number of nitrogens with zero attached hydrogens (tertiary/aromatic N) is 4. The molecule has 27 heavy (non-hydrogen) atoms. The molecule has 0 fully saturated rings. The SMILES string of the molecule is CN=C(NCC(C)(C)N1CCc2ccccc2C1)N(C)Cc1csc(C)n1. The standard InChI is InChI=1S/C21H31N5S/c1-16-24-19(14-27-16)13-25(5)20(22-4)23-15-21(2,3)26-11-10-17-8-6-7-9-18(17)12-26/h6-9,14H,10-13,15H2,1-5H3,(H,22,23). The second kappa shape index (κ2) is 8.40. The Labute approximate surface area is 167 Å². The van der Waals surface area contributed by atoms with E-state index in [1.165, 1.54) is 11.1 Å². The van der Waals surface area contributed by atoms with Crippen LogP contribution < -0.4 is 5.32 Å². The Hall–Kier alpha value is -1.92. The van der Waals surface area contributed by atoms with Crippen molar-refractivity contribution < 1.29 is 0 Å². The molecule has 2 heterocycles. The van der Waals surface area contributed by atoms with E-state index < -0.39 is 0 Å². The minimum absolute atomic E-state index is 0.0432. The molecule has 1 aliphatic heterocycles. The summed E-state index contributed by atoms with van der Waals surface area (Å²) in [5.41, 5.74) is 4.08. The normalized spacial score (nSPS) is 15.5. The molecule has 1 N–H and O–H groups in total. The van der Waals surface area contributed by atoms with Gasteiger partial charge in [0.2, 0.25) is 0 Å². The summed E-state index contributed by atoms with van der Waals surface area (Å²) < 4.78 is 0. The maximum atomic E-state index is 4.56. The van der Waals surface area contributed by atoms with Gasteiger partial charge in [0.25, 0.3) is 0 Å². The Balaban J connectivity index is 1.58. The summed E-state index contributed by atoms with van der Waals surface area (Å²) in [6.45, 7) is 10.4. The molecule has 5 nitrogen and oxygen atoms in total. The first-order valence-electron chi connectivity index (χ1n) is 9.53. The summed E-state index contributed by atoms with van der Waals surface area (Å²) >= 11 is 1.69. The zero-order valence-electron chi connectivity index (χ0n) is 17.1. The molecule has 0 amide bonds. The van der Waals surface area contributed by atoms with Crippen LogP contribution in [0.1, 0.15) is 35.7 Å². The maximum Gasteiger partial charge on any atom is 0.193 e. The van der Waals surface area contributed by atoms with Gasteiger partial charge >= 0.3 is 0 Å². The summed E-state index contributed by atoms with van der Waals surface area (Å²) in [6, 6.07) is 8.80. The van der Waals surface area contributed by atoms with E-state index in [0.29, 0.717) is 0 Å². The molecule has 0 bridgehead atoms. The largest absolute Gasteiger partial charge is 0.354 e. The van der Waals surface area contributed by atoms with Crippen LogP contribution >= 0.6 is 11.3 Å². The van der Waals surface area contributed by atoms with Crippen molar-refractivity contribution in [2.24, 2.45) is 4.99 Å². The van der Waals surface area contributed by atoms with Gasteiger partial charge in [-0.3, -0.25) is 9.89 Å². The molecule has 1 aromatic heterocycles. The molecular formula is C21H31N5S. The predicted molar refractivity (Wildman–Crippen MR) is 114 cm³/mol. The molecular weight excluding hydrogens is 354 g/mol. The van der Waals surface area contributed by atoms with Gasteiger partial charge in [0, 0.05) is 44.6 Å². The monoisotopic (exact) mass is 385 g/mol. The summed E-state index contributed by atoms with van der Waals surface area (Å²) in [4.78, 5) is 13.7. The van der Waals surface area contributed by atoms with E-state index in [1.807, 2.05) is 14.0 Å². The van der Waals surface area contributed by atoms with Gasteiger partial charge in [0.05, 0.1) is 17.2 Å². The average Bonchev–Trinajstić information content (AvgIpc) is 3.06. The zero-order valence-corrected chi connectivity index (χ0v) is 17.9. The lowest BCUT2D eigenvalue weighted by molar-refractivity contribution is 0.106. The fourth-order valence-corrected chi connectivity index (χ4v) is 4.21. The second-order valence-electron chi connectivity index (χ2n) is 7.87. The number of hydrogen-bond donors (Lipinski definition) is 1. The first kappa shape index (κ1) is 19.8. The van der Waals surface area contributed by atoms with Crippen molar-refractivity contribution in [3.8, 4) is 0 Å². The van der Waals surface area contributed by atoms with Crippen molar-refractivity contribution in [3.05, 3.63) is 51.5 Å². The van der Waals surface area contributed by atoms with Crippen molar-refractivity contribution in [2.45, 2.75) is 45.8 Å². The average molecular weight is 386 g/mol. The third-order valence-electron chi connectivity index (χ3n) is 5.30. The van der Waals surface area contributed by atoms with E-state index >= 15 is 0 Å². The molecule has 1 aliphatic rings. The molecule has 1 aromatic carbocycles. The Morgan fingerprint density at radius 2 is 2.07 bits per heavy atom. The molecule has 0 radical (unpaired) electrons. The highest BCUT2D eigenvalue weighted by Crippen LogP contribution is 2.25. The lowest BCUT2D eigenvalue weighted by Crippen LogP contribution is -2.54. The van der Waals surface area contributed by atoms with Gasteiger partial charge in [0.1, 0.15) is 0 Å². The van der Waals surface area contributed by atoms with E-state index in [2.05, 4.69) is 75.6 Å². The van der Waals surface area contributed by atoms with Gasteiger partial charge in [0.15, 0.2) is 5.96 Å². The number of hydrogen-bond acceptors (Lipinski definition) is 4. The van der Waals surface area contributed by atoms with Crippen LogP contribution in [0.25, 0.3) is 0 Å². The van der Waals surface area contributed by atoms with Gasteiger partial charge in [-0.2, -0.15) is 0 Å². The van der Waals surface area contributed by atoms with Crippen molar-refractivity contribution in [1.82, 2.24) is 20.1 Å². The summed E-state index contributed by atoms with van der Waals surface area (Å²) in [5, 5.41) is 6.79. The van der Waals surface area contributed by atoms with Crippen LogP contribution in [-0.2, 0) is 19.5 Å².